The fraction of sp³-hybridized carbons (Fsp3) is 0.0500. The smallest absolute Gasteiger partial charge is 0.340 e. The third-order valence-corrected chi connectivity index (χ3v) is 3.99. The number of nitrogens with one attached hydrogen (secondary N) is 1. The van der Waals surface area contributed by atoms with Gasteiger partial charge in [0, 0.05) is 16.8 Å². The van der Waals surface area contributed by atoms with Gasteiger partial charge in [0.1, 0.15) is 0 Å². The lowest BCUT2D eigenvalue weighted by atomic mass is 10.0. The van der Waals surface area contributed by atoms with Gasteiger partial charge >= 0.3 is 5.97 Å². The molecular formula is C20H15NO2. The first-order chi connectivity index (χ1) is 11.3. The Morgan fingerprint density at radius 1 is 0.739 bits per heavy atom. The van der Waals surface area contributed by atoms with Crippen LogP contribution in [0.3, 0.4) is 0 Å². The lowest BCUT2D eigenvalue weighted by Crippen LogP contribution is -2.11. The van der Waals surface area contributed by atoms with Crippen LogP contribution in [0, 0.1) is 0 Å². The average molecular weight is 301 g/mol. The van der Waals surface area contributed by atoms with E-state index in [2.05, 4.69) is 23.5 Å². The summed E-state index contributed by atoms with van der Waals surface area (Å²) >= 11 is 0. The Labute approximate surface area is 134 Å². The van der Waals surface area contributed by atoms with Crippen LogP contribution in [0.4, 0.5) is 5.69 Å². The molecule has 112 valence electrons. The van der Waals surface area contributed by atoms with Crippen LogP contribution < -0.4 is 5.32 Å². The van der Waals surface area contributed by atoms with E-state index >= 15 is 0 Å². The van der Waals surface area contributed by atoms with E-state index in [9.17, 15) is 4.79 Å². The topological polar surface area (TPSA) is 38.3 Å². The molecule has 0 bridgehead atoms. The van der Waals surface area contributed by atoms with E-state index in [1.54, 1.807) is 6.07 Å². The van der Waals surface area contributed by atoms with Gasteiger partial charge in [-0.3, -0.25) is 0 Å². The van der Waals surface area contributed by atoms with Crippen molar-refractivity contribution in [2.24, 2.45) is 0 Å². The van der Waals surface area contributed by atoms with E-state index in [0.717, 1.165) is 22.4 Å². The summed E-state index contributed by atoms with van der Waals surface area (Å²) in [5, 5.41) is 3.35. The minimum Gasteiger partial charge on any atom is -0.434 e. The van der Waals surface area contributed by atoms with Crippen molar-refractivity contribution in [3.8, 4) is 11.1 Å². The minimum atomic E-state index is -0.455. The molecule has 3 aromatic rings. The maximum atomic E-state index is 12.0. The fourth-order valence-electron chi connectivity index (χ4n) is 2.87. The molecule has 23 heavy (non-hydrogen) atoms. The molecule has 1 unspecified atom stereocenters. The molecule has 1 atom stereocenters. The Bertz CT molecular complexity index is 858. The van der Waals surface area contributed by atoms with Gasteiger partial charge < -0.3 is 10.1 Å². The highest BCUT2D eigenvalue weighted by Crippen LogP contribution is 2.35. The van der Waals surface area contributed by atoms with Crippen LogP contribution in [0.15, 0.2) is 78.9 Å². The summed E-state index contributed by atoms with van der Waals surface area (Å²) in [7, 11) is 0. The molecule has 0 fully saturated rings. The second-order valence-corrected chi connectivity index (χ2v) is 5.43. The molecule has 0 aliphatic carbocycles. The molecule has 0 amide bonds. The van der Waals surface area contributed by atoms with Gasteiger partial charge in [-0.15, -0.1) is 0 Å². The van der Waals surface area contributed by atoms with Crippen LogP contribution in [0.5, 0.6) is 0 Å². The van der Waals surface area contributed by atoms with E-state index in [1.165, 1.54) is 0 Å². The summed E-state index contributed by atoms with van der Waals surface area (Å²) in [5.74, 6) is -0.282. The van der Waals surface area contributed by atoms with E-state index in [0.29, 0.717) is 5.56 Å². The van der Waals surface area contributed by atoms with Crippen LogP contribution in [-0.2, 0) is 4.74 Å². The molecule has 0 spiro atoms. The number of benzene rings is 3. The summed E-state index contributed by atoms with van der Waals surface area (Å²) in [6.45, 7) is 0. The molecule has 1 N–H and O–H groups in total. The maximum absolute atomic E-state index is 12.0. The molecule has 3 nitrogen and oxygen atoms in total. The van der Waals surface area contributed by atoms with E-state index in [-0.39, 0.29) is 5.97 Å². The lowest BCUT2D eigenvalue weighted by molar-refractivity contribution is 0.0437. The normalized spacial score (nSPS) is 15.8. The third kappa shape index (κ3) is 2.46. The first kappa shape index (κ1) is 13.6. The lowest BCUT2D eigenvalue weighted by Gasteiger charge is -2.17. The number of fused-ring (bicyclic) bond motifs is 1. The Morgan fingerprint density at radius 3 is 2.22 bits per heavy atom. The number of carbonyl (C=O) groups is 1. The van der Waals surface area contributed by atoms with Crippen LogP contribution >= 0.6 is 0 Å². The van der Waals surface area contributed by atoms with Gasteiger partial charge in [0.05, 0.1) is 5.56 Å². The summed E-state index contributed by atoms with van der Waals surface area (Å²) in [6.07, 6.45) is -0.455. The van der Waals surface area contributed by atoms with Crippen LogP contribution in [0.25, 0.3) is 11.1 Å². The number of anilines is 1. The number of rotatable bonds is 3. The molecule has 4 rings (SSSR count). The van der Waals surface area contributed by atoms with Crippen molar-refractivity contribution in [3.05, 3.63) is 90.0 Å². The average Bonchev–Trinajstić information content (AvgIpc) is 2.93. The number of carbonyl (C=O) groups excluding carboxylic acids is 1. The predicted molar refractivity (Wildman–Crippen MR) is 90.1 cm³/mol. The van der Waals surface area contributed by atoms with Gasteiger partial charge in [-0.2, -0.15) is 0 Å². The highest BCUT2D eigenvalue weighted by Gasteiger charge is 2.30. The second kappa shape index (κ2) is 5.61. The highest BCUT2D eigenvalue weighted by atomic mass is 16.6. The molecule has 3 heteroatoms. The standard InChI is InChI=1S/C20H15NO2/c22-20-17-12-5-4-11-16(17)19(23-20)21-18-13-7-6-10-15(18)14-8-2-1-3-9-14/h1-13,19,21H. The minimum absolute atomic E-state index is 0.282. The van der Waals surface area contributed by atoms with Crippen molar-refractivity contribution >= 4 is 11.7 Å². The molecule has 0 saturated carbocycles. The molecule has 1 aliphatic rings. The predicted octanol–water partition coefficient (Wildman–Crippen LogP) is 4.63. The molecule has 3 aromatic carbocycles. The number of hydrogen-bond donors (Lipinski definition) is 1. The zero-order valence-electron chi connectivity index (χ0n) is 12.4. The summed E-state index contributed by atoms with van der Waals surface area (Å²) in [4.78, 5) is 12.0. The third-order valence-electron chi connectivity index (χ3n) is 3.99. The molecular weight excluding hydrogens is 286 g/mol. The number of cyclic esters (lactones) is 1. The van der Waals surface area contributed by atoms with E-state index in [4.69, 9.17) is 4.74 Å². The van der Waals surface area contributed by atoms with Gasteiger partial charge in [0.2, 0.25) is 6.23 Å². The highest BCUT2D eigenvalue weighted by molar-refractivity contribution is 5.94. The first-order valence-electron chi connectivity index (χ1n) is 7.54. The van der Waals surface area contributed by atoms with Crippen LogP contribution in [0.1, 0.15) is 22.1 Å². The number of para-hydroxylation sites is 1. The van der Waals surface area contributed by atoms with Gasteiger partial charge in [-0.25, -0.2) is 4.79 Å². The molecule has 0 aromatic heterocycles. The zero-order chi connectivity index (χ0) is 15.6. The zero-order valence-corrected chi connectivity index (χ0v) is 12.4. The molecule has 1 heterocycles. The van der Waals surface area contributed by atoms with Crippen LogP contribution in [-0.4, -0.2) is 5.97 Å². The SMILES string of the molecule is O=C1OC(Nc2ccccc2-c2ccccc2)c2ccccc21. The first-order valence-corrected chi connectivity index (χ1v) is 7.54. The van der Waals surface area contributed by atoms with Crippen molar-refractivity contribution in [2.75, 3.05) is 5.32 Å². The van der Waals surface area contributed by atoms with E-state index in [1.807, 2.05) is 54.6 Å². The van der Waals surface area contributed by atoms with Gasteiger partial charge in [-0.1, -0.05) is 66.7 Å². The van der Waals surface area contributed by atoms with E-state index < -0.39 is 6.23 Å². The second-order valence-electron chi connectivity index (χ2n) is 5.43. The largest absolute Gasteiger partial charge is 0.434 e. The van der Waals surface area contributed by atoms with Crippen molar-refractivity contribution in [2.45, 2.75) is 6.23 Å². The van der Waals surface area contributed by atoms with Crippen LogP contribution in [0.2, 0.25) is 0 Å². The van der Waals surface area contributed by atoms with Gasteiger partial charge in [-0.05, 0) is 17.7 Å². The maximum Gasteiger partial charge on any atom is 0.340 e. The number of esters is 1. The fourth-order valence-corrected chi connectivity index (χ4v) is 2.87. The molecule has 1 aliphatic heterocycles. The quantitative estimate of drug-likeness (QED) is 0.716. The Balaban J connectivity index is 1.70. The molecule has 0 radical (unpaired) electrons. The van der Waals surface area contributed by atoms with Crippen molar-refractivity contribution in [1.82, 2.24) is 0 Å². The van der Waals surface area contributed by atoms with Crippen molar-refractivity contribution in [3.63, 3.8) is 0 Å². The van der Waals surface area contributed by atoms with Gasteiger partial charge in [0.25, 0.3) is 0 Å². The number of ether oxygens (including phenoxy) is 1. The Morgan fingerprint density at radius 2 is 1.39 bits per heavy atom. The summed E-state index contributed by atoms with van der Waals surface area (Å²) < 4.78 is 5.48. The number of hydrogen-bond acceptors (Lipinski definition) is 3. The van der Waals surface area contributed by atoms with Gasteiger partial charge in [0.15, 0.2) is 0 Å². The Hall–Kier alpha value is -3.07. The summed E-state index contributed by atoms with van der Waals surface area (Å²) in [6, 6.07) is 25.6. The Kier molecular flexibility index (Phi) is 3.31. The monoisotopic (exact) mass is 301 g/mol. The van der Waals surface area contributed by atoms with Crippen molar-refractivity contribution in [1.29, 1.82) is 0 Å². The molecule has 0 saturated heterocycles. The summed E-state index contributed by atoms with van der Waals surface area (Å²) in [5.41, 5.74) is 4.64. The van der Waals surface area contributed by atoms with Crippen molar-refractivity contribution < 1.29 is 9.53 Å².